The Labute approximate surface area is 164 Å². The van der Waals surface area contributed by atoms with Crippen LogP contribution in [0.4, 0.5) is 10.6 Å². The number of nitrogens with zero attached hydrogens (tertiary/aromatic N) is 3. The number of aromatic nitrogens is 4. The van der Waals surface area contributed by atoms with E-state index in [1.54, 1.807) is 4.68 Å². The van der Waals surface area contributed by atoms with Gasteiger partial charge >= 0.3 is 6.09 Å². The van der Waals surface area contributed by atoms with E-state index in [4.69, 9.17) is 4.74 Å². The van der Waals surface area contributed by atoms with Crippen LogP contribution < -0.4 is 10.6 Å². The minimum absolute atomic E-state index is 0.0696. The van der Waals surface area contributed by atoms with Crippen LogP contribution in [-0.2, 0) is 23.0 Å². The van der Waals surface area contributed by atoms with Crippen LogP contribution in [0.5, 0.6) is 0 Å². The fraction of sp³-hybridized carbons (Fsp3) is 0.579. The number of alkyl carbamates (subject to hydrolysis) is 1. The van der Waals surface area contributed by atoms with Gasteiger partial charge in [-0.2, -0.15) is 10.2 Å². The molecule has 1 saturated carbocycles. The Bertz CT molecular complexity index is 812. The van der Waals surface area contributed by atoms with Gasteiger partial charge < -0.3 is 15.4 Å². The molecule has 9 heteroatoms. The van der Waals surface area contributed by atoms with Gasteiger partial charge in [0.1, 0.15) is 0 Å². The van der Waals surface area contributed by atoms with E-state index in [2.05, 4.69) is 25.9 Å². The van der Waals surface area contributed by atoms with Crippen molar-refractivity contribution in [1.29, 1.82) is 0 Å². The van der Waals surface area contributed by atoms with Gasteiger partial charge in [-0.15, -0.1) is 0 Å². The molecule has 9 nitrogen and oxygen atoms in total. The molecular weight excluding hydrogens is 360 g/mol. The van der Waals surface area contributed by atoms with Gasteiger partial charge in [0.05, 0.1) is 18.7 Å². The third-order valence-electron chi connectivity index (χ3n) is 4.81. The molecule has 0 bridgehead atoms. The molecule has 0 spiro atoms. The summed E-state index contributed by atoms with van der Waals surface area (Å²) in [6.45, 7) is 4.23. The number of amides is 2. The molecule has 2 amide bonds. The molecule has 152 valence electrons. The molecule has 0 saturated heterocycles. The zero-order valence-corrected chi connectivity index (χ0v) is 16.6. The lowest BCUT2D eigenvalue weighted by Gasteiger charge is -2.13. The van der Waals surface area contributed by atoms with Crippen LogP contribution in [0.15, 0.2) is 18.3 Å². The van der Waals surface area contributed by atoms with Gasteiger partial charge in [-0.1, -0.05) is 0 Å². The smallest absolute Gasteiger partial charge is 0.407 e. The number of nitrogens with one attached hydrogen (secondary N) is 3. The van der Waals surface area contributed by atoms with E-state index in [1.165, 1.54) is 0 Å². The van der Waals surface area contributed by atoms with Gasteiger partial charge in [-0.25, -0.2) is 4.79 Å². The van der Waals surface area contributed by atoms with Crippen molar-refractivity contribution in [2.75, 3.05) is 11.9 Å². The first-order valence-corrected chi connectivity index (χ1v) is 9.66. The number of rotatable bonds is 7. The summed E-state index contributed by atoms with van der Waals surface area (Å²) >= 11 is 0. The monoisotopic (exact) mass is 388 g/mol. The lowest BCUT2D eigenvalue weighted by molar-refractivity contribution is -0.115. The summed E-state index contributed by atoms with van der Waals surface area (Å²) in [6.07, 6.45) is 4.59. The average molecular weight is 388 g/mol. The van der Waals surface area contributed by atoms with Crippen LogP contribution in [0.3, 0.4) is 0 Å². The maximum atomic E-state index is 12.1. The lowest BCUT2D eigenvalue weighted by Crippen LogP contribution is -2.31. The molecule has 28 heavy (non-hydrogen) atoms. The lowest BCUT2D eigenvalue weighted by atomic mass is 10.0. The molecule has 1 fully saturated rings. The Morgan fingerprint density at radius 1 is 1.39 bits per heavy atom. The Morgan fingerprint density at radius 3 is 2.93 bits per heavy atom. The molecule has 2 aromatic heterocycles. The number of carbonyl (C=O) groups is 2. The van der Waals surface area contributed by atoms with Gasteiger partial charge in [0, 0.05) is 37.0 Å². The van der Waals surface area contributed by atoms with Crippen molar-refractivity contribution in [3.05, 3.63) is 29.7 Å². The van der Waals surface area contributed by atoms with Crippen molar-refractivity contribution in [3.63, 3.8) is 0 Å². The highest BCUT2D eigenvalue weighted by Gasteiger charge is 2.28. The fourth-order valence-electron chi connectivity index (χ4n) is 3.50. The van der Waals surface area contributed by atoms with Gasteiger partial charge in [0.25, 0.3) is 0 Å². The van der Waals surface area contributed by atoms with Crippen molar-refractivity contribution in [3.8, 4) is 0 Å². The zero-order valence-electron chi connectivity index (χ0n) is 16.6. The van der Waals surface area contributed by atoms with Gasteiger partial charge in [-0.3, -0.25) is 14.6 Å². The Hall–Kier alpha value is -2.84. The van der Waals surface area contributed by atoms with Gasteiger partial charge in [0.15, 0.2) is 5.82 Å². The molecule has 1 unspecified atom stereocenters. The topological polar surface area (TPSA) is 114 Å². The molecule has 3 rings (SSSR count). The third-order valence-corrected chi connectivity index (χ3v) is 4.81. The number of aromatic amines is 1. The number of anilines is 1. The van der Waals surface area contributed by atoms with Crippen molar-refractivity contribution < 1.29 is 14.3 Å². The summed E-state index contributed by atoms with van der Waals surface area (Å²) in [7, 11) is 1.82. The molecule has 3 N–H and O–H groups in total. The quantitative estimate of drug-likeness (QED) is 0.674. The van der Waals surface area contributed by atoms with Crippen LogP contribution >= 0.6 is 0 Å². The van der Waals surface area contributed by atoms with E-state index in [0.717, 1.165) is 30.7 Å². The molecule has 2 aromatic rings. The predicted octanol–water partition coefficient (Wildman–Crippen LogP) is 2.34. The first-order valence-electron chi connectivity index (χ1n) is 9.66. The fourth-order valence-corrected chi connectivity index (χ4v) is 3.50. The average Bonchev–Trinajstić information content (AvgIpc) is 3.33. The number of H-pyrrole nitrogens is 1. The molecule has 0 aromatic carbocycles. The summed E-state index contributed by atoms with van der Waals surface area (Å²) in [6, 6.07) is 3.77. The van der Waals surface area contributed by atoms with Crippen molar-refractivity contribution in [2.45, 2.75) is 51.5 Å². The number of hydrogen-bond acceptors (Lipinski definition) is 5. The van der Waals surface area contributed by atoms with E-state index in [9.17, 15) is 9.59 Å². The van der Waals surface area contributed by atoms with Crippen LogP contribution in [0, 0.1) is 5.92 Å². The highest BCUT2D eigenvalue weighted by Crippen LogP contribution is 2.38. The number of carbonyl (C=O) groups excluding carboxylic acids is 2. The van der Waals surface area contributed by atoms with Crippen molar-refractivity contribution in [1.82, 2.24) is 25.3 Å². The van der Waals surface area contributed by atoms with Crippen LogP contribution in [0.1, 0.15) is 50.4 Å². The van der Waals surface area contributed by atoms with Crippen molar-refractivity contribution >= 4 is 17.8 Å². The summed E-state index contributed by atoms with van der Waals surface area (Å²) < 4.78 is 6.97. The molecule has 2 heterocycles. The van der Waals surface area contributed by atoms with E-state index in [-0.39, 0.29) is 24.5 Å². The largest absolute Gasteiger partial charge is 0.449 e. The second-order valence-corrected chi connectivity index (χ2v) is 7.69. The SMILES string of the molecule is CC(C)NC(=O)OCC1CC[C@H](c2cc(NC(=O)Cc3ccn(C)n3)n[nH]2)C1. The maximum Gasteiger partial charge on any atom is 0.407 e. The molecule has 0 aliphatic heterocycles. The van der Waals surface area contributed by atoms with Crippen molar-refractivity contribution in [2.24, 2.45) is 13.0 Å². The van der Waals surface area contributed by atoms with E-state index in [1.807, 2.05) is 39.2 Å². The van der Waals surface area contributed by atoms with Gasteiger partial charge in [-0.05, 0) is 45.1 Å². The first-order chi connectivity index (χ1) is 13.4. The normalized spacial score (nSPS) is 19.0. The Kier molecular flexibility index (Phi) is 6.33. The van der Waals surface area contributed by atoms with E-state index >= 15 is 0 Å². The summed E-state index contributed by atoms with van der Waals surface area (Å²) in [5, 5.41) is 17.0. The minimum Gasteiger partial charge on any atom is -0.449 e. The molecule has 1 aliphatic carbocycles. The van der Waals surface area contributed by atoms with Crippen LogP contribution in [-0.4, -0.2) is 44.6 Å². The molecule has 1 aliphatic rings. The van der Waals surface area contributed by atoms with Crippen LogP contribution in [0.2, 0.25) is 0 Å². The minimum atomic E-state index is -0.363. The highest BCUT2D eigenvalue weighted by atomic mass is 16.5. The highest BCUT2D eigenvalue weighted by molar-refractivity contribution is 5.91. The third kappa shape index (κ3) is 5.58. The number of ether oxygens (including phenoxy) is 1. The zero-order chi connectivity index (χ0) is 20.1. The number of aryl methyl sites for hydroxylation is 1. The Balaban J connectivity index is 1.45. The van der Waals surface area contributed by atoms with E-state index in [0.29, 0.717) is 24.3 Å². The molecule has 0 radical (unpaired) electrons. The summed E-state index contributed by atoms with van der Waals surface area (Å²) in [5.41, 5.74) is 1.72. The summed E-state index contributed by atoms with van der Waals surface area (Å²) in [5.74, 6) is 1.04. The predicted molar refractivity (Wildman–Crippen MR) is 104 cm³/mol. The second kappa shape index (κ2) is 8.90. The van der Waals surface area contributed by atoms with Crippen LogP contribution in [0.25, 0.3) is 0 Å². The number of hydrogen-bond donors (Lipinski definition) is 3. The molecule has 2 atom stereocenters. The van der Waals surface area contributed by atoms with E-state index < -0.39 is 0 Å². The van der Waals surface area contributed by atoms with Gasteiger partial charge in [0.2, 0.25) is 5.91 Å². The molecular formula is C19H28N6O3. The Morgan fingerprint density at radius 2 is 2.21 bits per heavy atom. The summed E-state index contributed by atoms with van der Waals surface area (Å²) in [4.78, 5) is 23.7. The first kappa shape index (κ1) is 19.9. The maximum absolute atomic E-state index is 12.1. The standard InChI is InChI=1S/C19H28N6O3/c1-12(2)20-19(27)28-11-13-4-5-14(8-13)16-10-17(23-22-16)21-18(26)9-15-6-7-25(3)24-15/h6-7,10,12-14H,4-5,8-9,11H2,1-3H3,(H,20,27)(H2,21,22,23,26)/t13?,14-/m0/s1. The second-order valence-electron chi connectivity index (χ2n) is 7.69.